The third kappa shape index (κ3) is 3.78. The van der Waals surface area contributed by atoms with Gasteiger partial charge in [-0.3, -0.25) is 4.72 Å². The Labute approximate surface area is 125 Å². The Kier molecular flexibility index (Phi) is 4.57. The first-order valence-electron chi connectivity index (χ1n) is 5.77. The highest BCUT2D eigenvalue weighted by atomic mass is 32.2. The molecule has 0 saturated heterocycles. The molecule has 0 aliphatic carbocycles. The van der Waals surface area contributed by atoms with E-state index < -0.39 is 22.4 Å². The lowest BCUT2D eigenvalue weighted by molar-refractivity contribution is 0.350. The molecule has 5 nitrogen and oxygen atoms in total. The van der Waals surface area contributed by atoms with E-state index in [-0.39, 0.29) is 15.5 Å². The van der Waals surface area contributed by atoms with Crippen LogP contribution in [0.15, 0.2) is 28.6 Å². The van der Waals surface area contributed by atoms with Crippen LogP contribution in [0.25, 0.3) is 0 Å². The van der Waals surface area contributed by atoms with Crippen LogP contribution >= 0.6 is 11.3 Å². The van der Waals surface area contributed by atoms with E-state index in [0.29, 0.717) is 5.01 Å². The van der Waals surface area contributed by atoms with E-state index in [1.54, 1.807) is 6.92 Å². The van der Waals surface area contributed by atoms with Crippen LogP contribution in [0.5, 0.6) is 0 Å². The van der Waals surface area contributed by atoms with Crippen molar-refractivity contribution in [1.82, 2.24) is 4.98 Å². The molecule has 1 aromatic heterocycles. The number of nitrogens with one attached hydrogen (secondary N) is 1. The van der Waals surface area contributed by atoms with Gasteiger partial charge >= 0.3 is 0 Å². The van der Waals surface area contributed by atoms with E-state index in [1.165, 1.54) is 12.3 Å². The molecule has 0 radical (unpaired) electrons. The Morgan fingerprint density at radius 2 is 2.24 bits per heavy atom. The Bertz CT molecular complexity index is 819. The number of halogens is 1. The second-order valence-electron chi connectivity index (χ2n) is 3.95. The zero-order chi connectivity index (χ0) is 15.5. The number of sulfonamides is 1. The van der Waals surface area contributed by atoms with Gasteiger partial charge in [-0.2, -0.15) is 0 Å². The number of aliphatic hydroxyl groups is 1. The number of hydrogen-bond donors (Lipinski definition) is 2. The average Bonchev–Trinajstić information content (AvgIpc) is 2.86. The zero-order valence-electron chi connectivity index (χ0n) is 10.9. The zero-order valence-corrected chi connectivity index (χ0v) is 12.6. The van der Waals surface area contributed by atoms with Crippen molar-refractivity contribution < 1.29 is 17.9 Å². The summed E-state index contributed by atoms with van der Waals surface area (Å²) >= 11 is 1.03. The number of anilines is 1. The third-order valence-corrected chi connectivity index (χ3v) is 5.13. The van der Waals surface area contributed by atoms with Crippen LogP contribution in [0, 0.1) is 24.6 Å². The molecule has 110 valence electrons. The van der Waals surface area contributed by atoms with Crippen LogP contribution < -0.4 is 4.72 Å². The van der Waals surface area contributed by atoms with Crippen LogP contribution in [-0.2, 0) is 10.0 Å². The van der Waals surface area contributed by atoms with E-state index in [9.17, 15) is 12.8 Å². The minimum Gasteiger partial charge on any atom is -0.384 e. The highest BCUT2D eigenvalue weighted by Gasteiger charge is 2.18. The number of thiazole rings is 1. The quantitative estimate of drug-likeness (QED) is 0.842. The lowest BCUT2D eigenvalue weighted by atomic mass is 10.2. The van der Waals surface area contributed by atoms with Gasteiger partial charge in [-0.25, -0.2) is 17.8 Å². The predicted molar refractivity (Wildman–Crippen MR) is 78.0 cm³/mol. The number of hydrogen-bond acceptors (Lipinski definition) is 5. The number of aryl methyl sites for hydroxylation is 1. The second-order valence-corrected chi connectivity index (χ2v) is 7.10. The van der Waals surface area contributed by atoms with Crippen molar-refractivity contribution in [3.05, 3.63) is 40.8 Å². The lowest BCUT2D eigenvalue weighted by Gasteiger charge is -2.08. The summed E-state index contributed by atoms with van der Waals surface area (Å²) in [4.78, 5) is 3.89. The molecule has 0 atom stereocenters. The van der Waals surface area contributed by atoms with Gasteiger partial charge in [-0.1, -0.05) is 11.8 Å². The van der Waals surface area contributed by atoms with Gasteiger partial charge in [0.1, 0.15) is 12.4 Å². The van der Waals surface area contributed by atoms with Gasteiger partial charge in [-0.05, 0) is 25.1 Å². The molecule has 2 rings (SSSR count). The summed E-state index contributed by atoms with van der Waals surface area (Å²) in [7, 11) is -3.80. The maximum absolute atomic E-state index is 13.2. The second kappa shape index (κ2) is 6.22. The van der Waals surface area contributed by atoms with E-state index >= 15 is 0 Å². The molecule has 0 aliphatic heterocycles. The van der Waals surface area contributed by atoms with Gasteiger partial charge in [-0.15, -0.1) is 11.3 Å². The first-order valence-corrected chi connectivity index (χ1v) is 8.07. The number of aliphatic hydroxyl groups excluding tert-OH is 1. The lowest BCUT2D eigenvalue weighted by Crippen LogP contribution is -2.12. The molecule has 0 saturated carbocycles. The van der Waals surface area contributed by atoms with Crippen molar-refractivity contribution in [1.29, 1.82) is 0 Å². The molecular formula is C13H11FN2O3S2. The summed E-state index contributed by atoms with van der Waals surface area (Å²) < 4.78 is 40.0. The molecule has 2 aromatic rings. The van der Waals surface area contributed by atoms with Crippen LogP contribution in [0.3, 0.4) is 0 Å². The number of aromatic nitrogens is 1. The van der Waals surface area contributed by atoms with Gasteiger partial charge in [0.25, 0.3) is 10.0 Å². The normalized spacial score (nSPS) is 10.8. The summed E-state index contributed by atoms with van der Waals surface area (Å²) in [5, 5.41) is 9.31. The standard InChI is InChI=1S/C13H11FN2O3S2/c1-9-15-8-13(20-9)21(18,19)16-12-5-4-11(14)7-10(12)3-2-6-17/h4-5,7-8,16-17H,6H2,1H3. The van der Waals surface area contributed by atoms with Crippen LogP contribution in [0.4, 0.5) is 10.1 Å². The van der Waals surface area contributed by atoms with Gasteiger partial charge in [0.2, 0.25) is 0 Å². The summed E-state index contributed by atoms with van der Waals surface area (Å²) in [6.45, 7) is 1.29. The highest BCUT2D eigenvalue weighted by molar-refractivity contribution is 7.94. The number of rotatable bonds is 3. The van der Waals surface area contributed by atoms with Gasteiger partial charge in [0, 0.05) is 0 Å². The molecule has 1 heterocycles. The topological polar surface area (TPSA) is 79.3 Å². The Hall–Kier alpha value is -1.95. The van der Waals surface area contributed by atoms with Crippen molar-refractivity contribution in [3.8, 4) is 11.8 Å². The van der Waals surface area contributed by atoms with E-state index in [1.807, 2.05) is 0 Å². The molecule has 2 N–H and O–H groups in total. The van der Waals surface area contributed by atoms with Crippen molar-refractivity contribution in [3.63, 3.8) is 0 Å². The Morgan fingerprint density at radius 1 is 1.48 bits per heavy atom. The van der Waals surface area contributed by atoms with Crippen molar-refractivity contribution in [2.45, 2.75) is 11.1 Å². The van der Waals surface area contributed by atoms with E-state index in [2.05, 4.69) is 21.5 Å². The van der Waals surface area contributed by atoms with Gasteiger partial charge in [0.05, 0.1) is 22.5 Å². The molecule has 1 aromatic carbocycles. The maximum Gasteiger partial charge on any atom is 0.273 e. The first kappa shape index (κ1) is 15.4. The fourth-order valence-corrected chi connectivity index (χ4v) is 3.69. The van der Waals surface area contributed by atoms with Crippen LogP contribution in [0.2, 0.25) is 0 Å². The molecule has 8 heteroatoms. The Morgan fingerprint density at radius 3 is 2.86 bits per heavy atom. The Balaban J connectivity index is 2.39. The van der Waals surface area contributed by atoms with Crippen LogP contribution in [0.1, 0.15) is 10.6 Å². The molecule has 0 aliphatic rings. The van der Waals surface area contributed by atoms with Crippen LogP contribution in [-0.4, -0.2) is 25.1 Å². The summed E-state index contributed by atoms with van der Waals surface area (Å²) in [6, 6.07) is 3.50. The molecule has 0 unspecified atom stereocenters. The summed E-state index contributed by atoms with van der Waals surface area (Å²) in [5.74, 6) is 4.31. The van der Waals surface area contributed by atoms with Gasteiger partial charge in [0.15, 0.2) is 4.21 Å². The van der Waals surface area contributed by atoms with Crippen molar-refractivity contribution in [2.75, 3.05) is 11.3 Å². The molecule has 0 fully saturated rings. The fourth-order valence-electron chi connectivity index (χ4n) is 1.50. The predicted octanol–water partition coefficient (Wildman–Crippen LogP) is 1.74. The summed E-state index contributed by atoms with van der Waals surface area (Å²) in [5.41, 5.74) is 0.289. The molecule has 21 heavy (non-hydrogen) atoms. The van der Waals surface area contributed by atoms with Gasteiger partial charge < -0.3 is 5.11 Å². The smallest absolute Gasteiger partial charge is 0.273 e. The third-order valence-electron chi connectivity index (χ3n) is 2.39. The average molecular weight is 326 g/mol. The molecule has 0 bridgehead atoms. The monoisotopic (exact) mass is 326 g/mol. The van der Waals surface area contributed by atoms with Crippen molar-refractivity contribution in [2.24, 2.45) is 0 Å². The highest BCUT2D eigenvalue weighted by Crippen LogP contribution is 2.23. The maximum atomic E-state index is 13.2. The number of benzene rings is 1. The molecular weight excluding hydrogens is 315 g/mol. The first-order chi connectivity index (χ1) is 9.92. The summed E-state index contributed by atoms with van der Waals surface area (Å²) in [6.07, 6.45) is 1.25. The number of nitrogens with zero attached hydrogens (tertiary/aromatic N) is 1. The van der Waals surface area contributed by atoms with E-state index in [0.717, 1.165) is 23.5 Å². The van der Waals surface area contributed by atoms with Crippen molar-refractivity contribution >= 4 is 27.0 Å². The minimum atomic E-state index is -3.80. The SMILES string of the molecule is Cc1ncc(S(=O)(=O)Nc2ccc(F)cc2C#CCO)s1. The largest absolute Gasteiger partial charge is 0.384 e. The molecule has 0 amide bonds. The fraction of sp³-hybridized carbons (Fsp3) is 0.154. The minimum absolute atomic E-state index is 0.0605. The molecule has 0 spiro atoms. The van der Waals surface area contributed by atoms with E-state index in [4.69, 9.17) is 5.11 Å².